The van der Waals surface area contributed by atoms with E-state index < -0.39 is 0 Å². The van der Waals surface area contributed by atoms with Crippen LogP contribution in [0.15, 0.2) is 4.99 Å². The molecule has 3 fully saturated rings. The van der Waals surface area contributed by atoms with Crippen LogP contribution in [-0.2, 0) is 23.1 Å². The molecule has 3 unspecified atom stereocenters. The summed E-state index contributed by atoms with van der Waals surface area (Å²) in [5, 5.41) is 15.6. The molecule has 0 amide bonds. The summed E-state index contributed by atoms with van der Waals surface area (Å²) >= 11 is 0. The third-order valence-electron chi connectivity index (χ3n) is 6.85. The quantitative estimate of drug-likeness (QED) is 0.398. The Hall–Kier alpha value is -1.67. The molecule has 1 aliphatic heterocycles. The topological polar surface area (TPSA) is 85.6 Å². The van der Waals surface area contributed by atoms with Gasteiger partial charge in [0.05, 0.1) is 6.10 Å². The number of aromatic nitrogens is 3. The standard InChI is InChI=1S/C20H34N6O2/c1-4-27-11-6-10-21-19(22-13-16-25-24-14(2)26(16)3)23-17-15-7-12-28-18(15)20(17)8-5-9-20/h15,17-18H,4-13H2,1-3H3,(H2,21,22,23). The monoisotopic (exact) mass is 390 g/mol. The van der Waals surface area contributed by atoms with Crippen LogP contribution >= 0.6 is 0 Å². The average molecular weight is 391 g/mol. The van der Waals surface area contributed by atoms with Crippen molar-refractivity contribution in [2.45, 2.75) is 64.6 Å². The van der Waals surface area contributed by atoms with Crippen LogP contribution in [0.3, 0.4) is 0 Å². The molecule has 0 radical (unpaired) electrons. The van der Waals surface area contributed by atoms with E-state index in [-0.39, 0.29) is 0 Å². The largest absolute Gasteiger partial charge is 0.382 e. The fourth-order valence-electron chi connectivity index (χ4n) is 5.02. The van der Waals surface area contributed by atoms with Crippen molar-refractivity contribution in [3.63, 3.8) is 0 Å². The van der Waals surface area contributed by atoms with Gasteiger partial charge in [0.2, 0.25) is 0 Å². The van der Waals surface area contributed by atoms with E-state index in [0.29, 0.717) is 30.0 Å². The summed E-state index contributed by atoms with van der Waals surface area (Å²) in [5.74, 6) is 3.27. The Balaban J connectivity index is 1.41. The second kappa shape index (κ2) is 8.37. The Morgan fingerprint density at radius 1 is 1.39 bits per heavy atom. The Morgan fingerprint density at radius 3 is 2.93 bits per heavy atom. The van der Waals surface area contributed by atoms with Gasteiger partial charge in [0.1, 0.15) is 12.4 Å². The van der Waals surface area contributed by atoms with Crippen LogP contribution in [0.2, 0.25) is 0 Å². The van der Waals surface area contributed by atoms with Crippen molar-refractivity contribution in [1.29, 1.82) is 0 Å². The summed E-state index contributed by atoms with van der Waals surface area (Å²) in [5.41, 5.74) is 0.330. The highest BCUT2D eigenvalue weighted by atomic mass is 16.5. The molecule has 1 spiro atoms. The van der Waals surface area contributed by atoms with Gasteiger partial charge in [-0.05, 0) is 39.5 Å². The van der Waals surface area contributed by atoms with E-state index in [0.717, 1.165) is 56.8 Å². The third kappa shape index (κ3) is 3.52. The number of nitrogens with one attached hydrogen (secondary N) is 2. The molecule has 3 atom stereocenters. The third-order valence-corrected chi connectivity index (χ3v) is 6.85. The normalized spacial score (nSPS) is 28.0. The molecule has 1 saturated heterocycles. The van der Waals surface area contributed by atoms with Gasteiger partial charge in [0.25, 0.3) is 0 Å². The number of aliphatic imine (C=N–C) groups is 1. The lowest BCUT2D eigenvalue weighted by molar-refractivity contribution is -0.171. The summed E-state index contributed by atoms with van der Waals surface area (Å²) in [7, 11) is 1.98. The fraction of sp³-hybridized carbons (Fsp3) is 0.850. The predicted octanol–water partition coefficient (Wildman–Crippen LogP) is 1.54. The van der Waals surface area contributed by atoms with Gasteiger partial charge in [-0.1, -0.05) is 6.42 Å². The van der Waals surface area contributed by atoms with Crippen LogP contribution in [0.5, 0.6) is 0 Å². The van der Waals surface area contributed by atoms with Crippen LogP contribution < -0.4 is 10.6 Å². The molecule has 3 aliphatic rings. The minimum atomic E-state index is 0.330. The minimum absolute atomic E-state index is 0.330. The summed E-state index contributed by atoms with van der Waals surface area (Å²) in [6, 6.07) is 0.466. The van der Waals surface area contributed by atoms with E-state index in [1.165, 1.54) is 19.3 Å². The van der Waals surface area contributed by atoms with Gasteiger partial charge in [0.15, 0.2) is 11.8 Å². The number of rotatable bonds is 8. The maximum Gasteiger partial charge on any atom is 0.191 e. The predicted molar refractivity (Wildman–Crippen MR) is 107 cm³/mol. The Bertz CT molecular complexity index is 699. The van der Waals surface area contributed by atoms with Gasteiger partial charge >= 0.3 is 0 Å². The molecule has 4 rings (SSSR count). The molecular weight excluding hydrogens is 356 g/mol. The van der Waals surface area contributed by atoms with Crippen molar-refractivity contribution in [3.8, 4) is 0 Å². The minimum Gasteiger partial charge on any atom is -0.382 e. The van der Waals surface area contributed by atoms with Crippen molar-refractivity contribution in [1.82, 2.24) is 25.4 Å². The smallest absolute Gasteiger partial charge is 0.191 e. The summed E-state index contributed by atoms with van der Waals surface area (Å²) in [6.07, 6.45) is 6.43. The lowest BCUT2D eigenvalue weighted by Gasteiger charge is -2.63. The van der Waals surface area contributed by atoms with E-state index in [1.54, 1.807) is 0 Å². The Kier molecular flexibility index (Phi) is 5.87. The van der Waals surface area contributed by atoms with Crippen LogP contribution in [0.25, 0.3) is 0 Å². The number of nitrogens with zero attached hydrogens (tertiary/aromatic N) is 4. The molecule has 2 aliphatic carbocycles. The Labute approximate surface area is 167 Å². The number of aryl methyl sites for hydroxylation is 1. The van der Waals surface area contributed by atoms with Crippen molar-refractivity contribution < 1.29 is 9.47 Å². The van der Waals surface area contributed by atoms with E-state index in [1.807, 2.05) is 25.5 Å². The summed E-state index contributed by atoms with van der Waals surface area (Å²) in [4.78, 5) is 4.84. The second-order valence-corrected chi connectivity index (χ2v) is 8.32. The van der Waals surface area contributed by atoms with Gasteiger partial charge in [0, 0.05) is 50.8 Å². The summed E-state index contributed by atoms with van der Waals surface area (Å²) < 4.78 is 13.5. The summed E-state index contributed by atoms with van der Waals surface area (Å²) in [6.45, 7) is 7.78. The van der Waals surface area contributed by atoms with Gasteiger partial charge in [-0.15, -0.1) is 10.2 Å². The van der Waals surface area contributed by atoms with E-state index >= 15 is 0 Å². The lowest BCUT2D eigenvalue weighted by Crippen LogP contribution is -2.72. The first-order valence-electron chi connectivity index (χ1n) is 10.7. The van der Waals surface area contributed by atoms with Crippen molar-refractivity contribution in [2.75, 3.05) is 26.4 Å². The second-order valence-electron chi connectivity index (χ2n) is 8.32. The molecule has 28 heavy (non-hydrogen) atoms. The molecule has 0 aromatic carbocycles. The molecular formula is C20H34N6O2. The molecule has 1 aromatic rings. The van der Waals surface area contributed by atoms with E-state index in [9.17, 15) is 0 Å². The van der Waals surface area contributed by atoms with Crippen molar-refractivity contribution in [2.24, 2.45) is 23.4 Å². The number of hydrogen-bond donors (Lipinski definition) is 2. The molecule has 2 saturated carbocycles. The zero-order valence-corrected chi connectivity index (χ0v) is 17.4. The van der Waals surface area contributed by atoms with Crippen molar-refractivity contribution in [3.05, 3.63) is 11.6 Å². The number of guanidine groups is 1. The molecule has 2 heterocycles. The van der Waals surface area contributed by atoms with Crippen LogP contribution in [0.1, 0.15) is 50.7 Å². The van der Waals surface area contributed by atoms with Gasteiger partial charge in [-0.2, -0.15) is 0 Å². The lowest BCUT2D eigenvalue weighted by atomic mass is 9.46. The SMILES string of the molecule is CCOCCCNC(=NCc1nnc(C)n1C)NC1C2CCOC2C12CCC2. The van der Waals surface area contributed by atoms with Gasteiger partial charge in [-0.3, -0.25) is 0 Å². The van der Waals surface area contributed by atoms with Crippen LogP contribution in [0, 0.1) is 18.3 Å². The highest BCUT2D eigenvalue weighted by Gasteiger charge is 2.66. The zero-order valence-electron chi connectivity index (χ0n) is 17.4. The molecule has 156 valence electrons. The molecule has 8 nitrogen and oxygen atoms in total. The highest BCUT2D eigenvalue weighted by molar-refractivity contribution is 5.80. The van der Waals surface area contributed by atoms with Gasteiger partial charge < -0.3 is 24.7 Å². The highest BCUT2D eigenvalue weighted by Crippen LogP contribution is 2.62. The Morgan fingerprint density at radius 2 is 2.25 bits per heavy atom. The molecule has 1 aromatic heterocycles. The van der Waals surface area contributed by atoms with E-state index in [4.69, 9.17) is 14.5 Å². The maximum absolute atomic E-state index is 6.06. The van der Waals surface area contributed by atoms with Crippen LogP contribution in [0.4, 0.5) is 0 Å². The molecule has 2 N–H and O–H groups in total. The number of hydrogen-bond acceptors (Lipinski definition) is 5. The molecule has 0 bridgehead atoms. The number of fused-ring (bicyclic) bond motifs is 2. The fourth-order valence-corrected chi connectivity index (χ4v) is 5.02. The zero-order chi connectivity index (χ0) is 19.6. The maximum atomic E-state index is 6.06. The number of ether oxygens (including phenoxy) is 2. The first-order valence-corrected chi connectivity index (χ1v) is 10.7. The van der Waals surface area contributed by atoms with Gasteiger partial charge in [-0.25, -0.2) is 4.99 Å². The first-order chi connectivity index (χ1) is 13.7. The molecule has 8 heteroatoms. The first kappa shape index (κ1) is 19.6. The van der Waals surface area contributed by atoms with E-state index in [2.05, 4.69) is 20.8 Å². The van der Waals surface area contributed by atoms with Crippen LogP contribution in [-0.4, -0.2) is 59.2 Å². The average Bonchev–Trinajstić information content (AvgIpc) is 3.21. The van der Waals surface area contributed by atoms with Crippen molar-refractivity contribution >= 4 is 5.96 Å².